The number of H-pyrrole nitrogens is 1. The van der Waals surface area contributed by atoms with E-state index in [1.54, 1.807) is 29.9 Å². The lowest BCUT2D eigenvalue weighted by molar-refractivity contribution is 0.671. The molecule has 0 radical (unpaired) electrons. The fraction of sp³-hybridized carbons (Fsp3) is 0.231. The second-order valence-electron chi connectivity index (χ2n) is 4.78. The van der Waals surface area contributed by atoms with Crippen LogP contribution >= 0.6 is 11.6 Å². The highest BCUT2D eigenvalue weighted by Crippen LogP contribution is 2.23. The van der Waals surface area contributed by atoms with Crippen molar-refractivity contribution in [3.05, 3.63) is 34.6 Å². The number of anilines is 1. The topological polar surface area (TPSA) is 89.6 Å². The van der Waals surface area contributed by atoms with Crippen molar-refractivity contribution in [1.29, 1.82) is 0 Å². The molecule has 0 spiro atoms. The molecule has 0 aliphatic carbocycles. The highest BCUT2D eigenvalue weighted by Gasteiger charge is 2.17. The van der Waals surface area contributed by atoms with Crippen molar-refractivity contribution in [2.24, 2.45) is 7.05 Å². The monoisotopic (exact) mass is 323 g/mol. The number of aryl methyl sites for hydroxylation is 2. The summed E-state index contributed by atoms with van der Waals surface area (Å²) >= 11 is 6.18. The molecular formula is C13H14ClN5OS. The normalized spacial score (nSPS) is 12.9. The molecule has 0 aliphatic heterocycles. The van der Waals surface area contributed by atoms with E-state index < -0.39 is 10.8 Å². The molecule has 0 aliphatic rings. The van der Waals surface area contributed by atoms with E-state index in [1.165, 1.54) is 0 Å². The summed E-state index contributed by atoms with van der Waals surface area (Å²) < 4.78 is 14.1. The van der Waals surface area contributed by atoms with Gasteiger partial charge in [0.05, 0.1) is 44.0 Å². The van der Waals surface area contributed by atoms with Gasteiger partial charge in [-0.15, -0.1) is 0 Å². The second-order valence-corrected chi connectivity index (χ2v) is 6.52. The van der Waals surface area contributed by atoms with Crippen molar-refractivity contribution in [2.75, 3.05) is 5.73 Å². The molecule has 8 heteroatoms. The third-order valence-electron chi connectivity index (χ3n) is 3.23. The summed E-state index contributed by atoms with van der Waals surface area (Å²) in [5.74, 6) is 0.255. The molecule has 2 heterocycles. The predicted octanol–water partition coefficient (Wildman–Crippen LogP) is 2.15. The van der Waals surface area contributed by atoms with E-state index in [4.69, 9.17) is 17.3 Å². The van der Waals surface area contributed by atoms with Crippen LogP contribution in [0.4, 0.5) is 5.69 Å². The molecule has 1 atom stereocenters. The van der Waals surface area contributed by atoms with Crippen LogP contribution in [0, 0.1) is 6.92 Å². The Kier molecular flexibility index (Phi) is 3.46. The van der Waals surface area contributed by atoms with E-state index in [2.05, 4.69) is 15.1 Å². The van der Waals surface area contributed by atoms with Crippen molar-refractivity contribution < 1.29 is 4.21 Å². The molecule has 1 aromatic carbocycles. The average molecular weight is 324 g/mol. The number of aromatic amines is 1. The molecular weight excluding hydrogens is 310 g/mol. The number of nitrogens with two attached hydrogens (primary N) is 1. The van der Waals surface area contributed by atoms with Gasteiger partial charge in [-0.3, -0.25) is 8.89 Å². The lowest BCUT2D eigenvalue weighted by Gasteiger charge is -2.01. The smallest absolute Gasteiger partial charge is 0.197 e. The Balaban J connectivity index is 1.93. The summed E-state index contributed by atoms with van der Waals surface area (Å²) in [4.78, 5) is 7.37. The molecule has 3 aromatic rings. The van der Waals surface area contributed by atoms with Crippen LogP contribution in [0.2, 0.25) is 5.02 Å². The van der Waals surface area contributed by atoms with Gasteiger partial charge in [-0.25, -0.2) is 4.98 Å². The zero-order chi connectivity index (χ0) is 15.1. The summed E-state index contributed by atoms with van der Waals surface area (Å²) in [6.45, 7) is 1.82. The zero-order valence-electron chi connectivity index (χ0n) is 11.6. The summed E-state index contributed by atoms with van der Waals surface area (Å²) in [6, 6.07) is 5.32. The Morgan fingerprint density at radius 1 is 1.48 bits per heavy atom. The van der Waals surface area contributed by atoms with Crippen LogP contribution in [0.15, 0.2) is 23.4 Å². The predicted molar refractivity (Wildman–Crippen MR) is 83.6 cm³/mol. The number of nitrogens with one attached hydrogen (secondary N) is 1. The van der Waals surface area contributed by atoms with Gasteiger partial charge in [0.25, 0.3) is 0 Å². The minimum Gasteiger partial charge on any atom is -0.399 e. The SMILES string of the molecule is Cc1nn(C)c(CS(=O)c2nc3ccc(N)cc3[nH]2)c1Cl. The van der Waals surface area contributed by atoms with Gasteiger partial charge in [-0.1, -0.05) is 11.6 Å². The summed E-state index contributed by atoms with van der Waals surface area (Å²) in [5.41, 5.74) is 9.32. The summed E-state index contributed by atoms with van der Waals surface area (Å²) in [6.07, 6.45) is 0. The van der Waals surface area contributed by atoms with E-state index in [-0.39, 0.29) is 5.75 Å². The number of imidazole rings is 1. The van der Waals surface area contributed by atoms with Crippen molar-refractivity contribution in [3.8, 4) is 0 Å². The van der Waals surface area contributed by atoms with E-state index in [0.29, 0.717) is 15.9 Å². The number of benzene rings is 1. The van der Waals surface area contributed by atoms with E-state index >= 15 is 0 Å². The number of hydrogen-bond acceptors (Lipinski definition) is 4. The fourth-order valence-electron chi connectivity index (χ4n) is 2.14. The number of fused-ring (bicyclic) bond motifs is 1. The maximum Gasteiger partial charge on any atom is 0.197 e. The van der Waals surface area contributed by atoms with Crippen LogP contribution in [0.5, 0.6) is 0 Å². The third-order valence-corrected chi connectivity index (χ3v) is 4.88. The summed E-state index contributed by atoms with van der Waals surface area (Å²) in [7, 11) is 0.449. The van der Waals surface area contributed by atoms with Gasteiger partial charge in [-0.05, 0) is 25.1 Å². The van der Waals surface area contributed by atoms with Gasteiger partial charge in [-0.2, -0.15) is 5.10 Å². The van der Waals surface area contributed by atoms with Crippen LogP contribution in [-0.4, -0.2) is 24.0 Å². The molecule has 2 aromatic heterocycles. The molecule has 0 bridgehead atoms. The number of rotatable bonds is 3. The van der Waals surface area contributed by atoms with Gasteiger partial charge in [0, 0.05) is 12.7 Å². The van der Waals surface area contributed by atoms with Gasteiger partial charge in [0.2, 0.25) is 0 Å². The first kappa shape index (κ1) is 14.1. The van der Waals surface area contributed by atoms with E-state index in [0.717, 1.165) is 22.4 Å². The molecule has 3 rings (SSSR count). The molecule has 0 saturated carbocycles. The second kappa shape index (κ2) is 5.16. The number of hydrogen-bond donors (Lipinski definition) is 2. The number of nitrogens with zero attached hydrogens (tertiary/aromatic N) is 3. The lowest BCUT2D eigenvalue weighted by Crippen LogP contribution is -2.04. The van der Waals surface area contributed by atoms with Gasteiger partial charge in [0.1, 0.15) is 0 Å². The number of halogens is 1. The Hall–Kier alpha value is -1.86. The largest absolute Gasteiger partial charge is 0.399 e. The van der Waals surface area contributed by atoms with Crippen molar-refractivity contribution in [2.45, 2.75) is 17.8 Å². The van der Waals surface area contributed by atoms with Crippen LogP contribution in [0.1, 0.15) is 11.4 Å². The van der Waals surface area contributed by atoms with Crippen molar-refractivity contribution >= 4 is 39.1 Å². The third kappa shape index (κ3) is 2.54. The van der Waals surface area contributed by atoms with Crippen LogP contribution in [0.3, 0.4) is 0 Å². The number of nitrogen functional groups attached to an aromatic ring is 1. The highest BCUT2D eigenvalue weighted by atomic mass is 35.5. The Morgan fingerprint density at radius 2 is 2.24 bits per heavy atom. The maximum absolute atomic E-state index is 12.5. The standard InChI is InChI=1S/C13H14ClN5OS/c1-7-12(14)11(19(2)18-7)6-21(20)13-16-9-4-3-8(15)5-10(9)17-13/h3-5H,6,15H2,1-2H3,(H,16,17). The number of aromatic nitrogens is 4. The first-order valence-corrected chi connectivity index (χ1v) is 7.97. The van der Waals surface area contributed by atoms with Crippen LogP contribution < -0.4 is 5.73 Å². The molecule has 21 heavy (non-hydrogen) atoms. The van der Waals surface area contributed by atoms with Crippen molar-refractivity contribution in [3.63, 3.8) is 0 Å². The highest BCUT2D eigenvalue weighted by molar-refractivity contribution is 7.84. The van der Waals surface area contributed by atoms with Crippen molar-refractivity contribution in [1.82, 2.24) is 19.7 Å². The molecule has 0 amide bonds. The Labute approximate surface area is 128 Å². The first-order valence-electron chi connectivity index (χ1n) is 6.27. The van der Waals surface area contributed by atoms with Gasteiger partial charge >= 0.3 is 0 Å². The Bertz CT molecular complexity index is 854. The molecule has 110 valence electrons. The average Bonchev–Trinajstić information content (AvgIpc) is 2.95. The summed E-state index contributed by atoms with van der Waals surface area (Å²) in [5, 5.41) is 5.17. The quantitative estimate of drug-likeness (QED) is 0.723. The molecule has 1 unspecified atom stereocenters. The van der Waals surface area contributed by atoms with E-state index in [1.807, 2.05) is 6.92 Å². The molecule has 0 saturated heterocycles. The zero-order valence-corrected chi connectivity index (χ0v) is 13.1. The van der Waals surface area contributed by atoms with E-state index in [9.17, 15) is 4.21 Å². The first-order chi connectivity index (χ1) is 9.95. The molecule has 3 N–H and O–H groups in total. The maximum atomic E-state index is 12.5. The molecule has 6 nitrogen and oxygen atoms in total. The Morgan fingerprint density at radius 3 is 2.90 bits per heavy atom. The van der Waals surface area contributed by atoms with Gasteiger partial charge in [0.15, 0.2) is 5.16 Å². The molecule has 0 fully saturated rings. The van der Waals surface area contributed by atoms with Crippen LogP contribution in [0.25, 0.3) is 11.0 Å². The minimum atomic E-state index is -1.33. The van der Waals surface area contributed by atoms with Gasteiger partial charge < -0.3 is 10.7 Å². The fourth-order valence-corrected chi connectivity index (χ4v) is 3.59. The minimum absolute atomic E-state index is 0.255. The van der Waals surface area contributed by atoms with Crippen LogP contribution in [-0.2, 0) is 23.6 Å². The lowest BCUT2D eigenvalue weighted by atomic mass is 10.3.